The van der Waals surface area contributed by atoms with E-state index >= 15 is 0 Å². The van der Waals surface area contributed by atoms with Gasteiger partial charge in [0, 0.05) is 16.1 Å². The Balaban J connectivity index is 2.09. The van der Waals surface area contributed by atoms with Crippen LogP contribution in [0, 0.1) is 6.92 Å². The van der Waals surface area contributed by atoms with Crippen LogP contribution < -0.4 is 10.2 Å². The van der Waals surface area contributed by atoms with Crippen molar-refractivity contribution in [2.24, 2.45) is 5.10 Å². The van der Waals surface area contributed by atoms with Crippen LogP contribution in [0.3, 0.4) is 0 Å². The first-order valence-electron chi connectivity index (χ1n) is 7.43. The Labute approximate surface area is 141 Å². The third kappa shape index (κ3) is 4.83. The van der Waals surface area contributed by atoms with Crippen molar-refractivity contribution in [2.45, 2.75) is 20.3 Å². The van der Waals surface area contributed by atoms with Gasteiger partial charge in [-0.2, -0.15) is 5.10 Å². The normalized spacial score (nSPS) is 10.7. The molecule has 0 unspecified atom stereocenters. The molecule has 4 nitrogen and oxygen atoms in total. The minimum absolute atomic E-state index is 0.252. The fraction of sp³-hybridized carbons (Fsp3) is 0.222. The number of benzene rings is 2. The van der Waals surface area contributed by atoms with Crippen LogP contribution in [0.2, 0.25) is 5.02 Å². The van der Waals surface area contributed by atoms with Crippen molar-refractivity contribution in [3.8, 4) is 5.75 Å². The van der Waals surface area contributed by atoms with E-state index in [-0.39, 0.29) is 5.91 Å². The van der Waals surface area contributed by atoms with Crippen LogP contribution in [-0.2, 0) is 0 Å². The van der Waals surface area contributed by atoms with Gasteiger partial charge >= 0.3 is 0 Å². The molecule has 0 aromatic heterocycles. The maximum absolute atomic E-state index is 12.1. The molecular formula is C18H19ClN2O2. The molecule has 5 heteroatoms. The molecule has 0 atom stereocenters. The molecule has 1 N–H and O–H groups in total. The van der Waals surface area contributed by atoms with Crippen molar-refractivity contribution in [2.75, 3.05) is 6.61 Å². The fourth-order valence-electron chi connectivity index (χ4n) is 2.01. The molecule has 0 radical (unpaired) electrons. The Morgan fingerprint density at radius 2 is 2.09 bits per heavy atom. The molecule has 2 aromatic rings. The molecule has 0 spiro atoms. The van der Waals surface area contributed by atoms with Crippen LogP contribution in [0.1, 0.15) is 34.8 Å². The zero-order valence-corrected chi connectivity index (χ0v) is 13.9. The second-order valence-corrected chi connectivity index (χ2v) is 5.48. The highest BCUT2D eigenvalue weighted by Crippen LogP contribution is 2.21. The van der Waals surface area contributed by atoms with Crippen molar-refractivity contribution in [1.29, 1.82) is 0 Å². The number of halogens is 1. The molecule has 0 saturated carbocycles. The minimum atomic E-state index is -0.252. The van der Waals surface area contributed by atoms with Crippen LogP contribution in [0.4, 0.5) is 0 Å². The van der Waals surface area contributed by atoms with Crippen LogP contribution in [0.25, 0.3) is 0 Å². The summed E-state index contributed by atoms with van der Waals surface area (Å²) in [7, 11) is 0. The average molecular weight is 331 g/mol. The van der Waals surface area contributed by atoms with Crippen molar-refractivity contribution >= 4 is 23.7 Å². The molecule has 120 valence electrons. The van der Waals surface area contributed by atoms with Crippen molar-refractivity contribution < 1.29 is 9.53 Å². The summed E-state index contributed by atoms with van der Waals surface area (Å²) in [5.74, 6) is 0.433. The number of nitrogens with one attached hydrogen (secondary N) is 1. The number of ether oxygens (including phenoxy) is 1. The van der Waals surface area contributed by atoms with Crippen molar-refractivity contribution in [3.05, 3.63) is 64.2 Å². The van der Waals surface area contributed by atoms with E-state index in [0.717, 1.165) is 17.5 Å². The van der Waals surface area contributed by atoms with Gasteiger partial charge in [-0.25, -0.2) is 5.43 Å². The molecule has 23 heavy (non-hydrogen) atoms. The highest BCUT2D eigenvalue weighted by molar-refractivity contribution is 6.30. The Hall–Kier alpha value is -2.33. The zero-order chi connectivity index (χ0) is 16.7. The lowest BCUT2D eigenvalue weighted by atomic mass is 10.1. The zero-order valence-electron chi connectivity index (χ0n) is 13.2. The number of carbonyl (C=O) groups is 1. The number of aryl methyl sites for hydroxylation is 1. The second-order valence-electron chi connectivity index (χ2n) is 5.04. The molecule has 0 aliphatic heterocycles. The van der Waals surface area contributed by atoms with Crippen LogP contribution >= 0.6 is 11.6 Å². The van der Waals surface area contributed by atoms with Gasteiger partial charge in [0.2, 0.25) is 0 Å². The molecule has 0 heterocycles. The predicted molar refractivity (Wildman–Crippen MR) is 93.5 cm³/mol. The van der Waals surface area contributed by atoms with Gasteiger partial charge in [-0.1, -0.05) is 36.7 Å². The summed E-state index contributed by atoms with van der Waals surface area (Å²) in [6.07, 6.45) is 2.44. The summed E-state index contributed by atoms with van der Waals surface area (Å²) in [6.45, 7) is 4.52. The van der Waals surface area contributed by atoms with Crippen LogP contribution in [0.15, 0.2) is 47.6 Å². The Morgan fingerprint density at radius 1 is 1.30 bits per heavy atom. The summed E-state index contributed by atoms with van der Waals surface area (Å²) < 4.78 is 5.64. The SMILES string of the molecule is CCCOc1ccc(Cl)cc1/C=N/NC(=O)c1ccccc1C. The Morgan fingerprint density at radius 3 is 2.83 bits per heavy atom. The molecule has 0 bridgehead atoms. The Bertz CT molecular complexity index is 714. The van der Waals surface area contributed by atoms with Crippen molar-refractivity contribution in [1.82, 2.24) is 5.43 Å². The predicted octanol–water partition coefficient (Wildman–Crippen LogP) is 4.20. The second kappa shape index (κ2) is 8.34. The number of amides is 1. The average Bonchev–Trinajstić information content (AvgIpc) is 2.54. The smallest absolute Gasteiger partial charge is 0.271 e. The highest BCUT2D eigenvalue weighted by atomic mass is 35.5. The Kier molecular flexibility index (Phi) is 6.18. The van der Waals surface area contributed by atoms with E-state index in [4.69, 9.17) is 16.3 Å². The summed E-state index contributed by atoms with van der Waals surface area (Å²) in [5.41, 5.74) is 4.74. The number of hydrogen-bond donors (Lipinski definition) is 1. The summed E-state index contributed by atoms with van der Waals surface area (Å²) >= 11 is 6.00. The van der Waals surface area contributed by atoms with E-state index in [1.807, 2.05) is 32.0 Å². The number of nitrogens with zero attached hydrogens (tertiary/aromatic N) is 1. The van der Waals surface area contributed by atoms with E-state index in [0.29, 0.717) is 22.9 Å². The van der Waals surface area contributed by atoms with Gasteiger partial charge in [-0.05, 0) is 43.2 Å². The molecule has 0 fully saturated rings. The molecule has 2 aromatic carbocycles. The van der Waals surface area contributed by atoms with Gasteiger partial charge in [0.25, 0.3) is 5.91 Å². The molecule has 0 aliphatic rings. The van der Waals surface area contributed by atoms with Gasteiger partial charge in [0.05, 0.1) is 12.8 Å². The quantitative estimate of drug-likeness (QED) is 0.637. The third-order valence-corrected chi connectivity index (χ3v) is 3.43. The molecule has 0 saturated heterocycles. The first kappa shape index (κ1) is 17.0. The lowest BCUT2D eigenvalue weighted by Gasteiger charge is -2.08. The van der Waals surface area contributed by atoms with E-state index in [2.05, 4.69) is 10.5 Å². The first-order valence-corrected chi connectivity index (χ1v) is 7.81. The monoisotopic (exact) mass is 330 g/mol. The van der Waals surface area contributed by atoms with Gasteiger partial charge in [0.1, 0.15) is 5.75 Å². The molecular weight excluding hydrogens is 312 g/mol. The highest BCUT2D eigenvalue weighted by Gasteiger charge is 2.07. The van der Waals surface area contributed by atoms with E-state index in [9.17, 15) is 4.79 Å². The standard InChI is InChI=1S/C18H19ClN2O2/c1-3-10-23-17-9-8-15(19)11-14(17)12-20-21-18(22)16-7-5-4-6-13(16)2/h4-9,11-12H,3,10H2,1-2H3,(H,21,22)/b20-12+. The largest absolute Gasteiger partial charge is 0.493 e. The van der Waals surface area contributed by atoms with Crippen LogP contribution in [0.5, 0.6) is 5.75 Å². The van der Waals surface area contributed by atoms with E-state index in [1.54, 1.807) is 24.3 Å². The fourth-order valence-corrected chi connectivity index (χ4v) is 2.19. The lowest BCUT2D eigenvalue weighted by Crippen LogP contribution is -2.18. The van der Waals surface area contributed by atoms with Gasteiger partial charge in [0.15, 0.2) is 0 Å². The molecule has 0 aliphatic carbocycles. The van der Waals surface area contributed by atoms with Gasteiger partial charge < -0.3 is 4.74 Å². The van der Waals surface area contributed by atoms with E-state index < -0.39 is 0 Å². The number of hydrogen-bond acceptors (Lipinski definition) is 3. The first-order chi connectivity index (χ1) is 11.1. The summed E-state index contributed by atoms with van der Waals surface area (Å²) in [4.78, 5) is 12.1. The maximum Gasteiger partial charge on any atom is 0.271 e. The van der Waals surface area contributed by atoms with Gasteiger partial charge in [-0.3, -0.25) is 4.79 Å². The maximum atomic E-state index is 12.1. The van der Waals surface area contributed by atoms with Gasteiger partial charge in [-0.15, -0.1) is 0 Å². The summed E-state index contributed by atoms with van der Waals surface area (Å²) in [5, 5.41) is 4.59. The molecule has 2 rings (SSSR count). The van der Waals surface area contributed by atoms with Crippen molar-refractivity contribution in [3.63, 3.8) is 0 Å². The molecule has 1 amide bonds. The number of hydrazone groups is 1. The third-order valence-electron chi connectivity index (χ3n) is 3.19. The van der Waals surface area contributed by atoms with Crippen LogP contribution in [-0.4, -0.2) is 18.7 Å². The number of rotatable bonds is 6. The topological polar surface area (TPSA) is 50.7 Å². The lowest BCUT2D eigenvalue weighted by molar-refractivity contribution is 0.0954. The minimum Gasteiger partial charge on any atom is -0.493 e. The van der Waals surface area contributed by atoms with E-state index in [1.165, 1.54) is 6.21 Å². The summed E-state index contributed by atoms with van der Waals surface area (Å²) in [6, 6.07) is 12.6. The number of carbonyl (C=O) groups excluding carboxylic acids is 1.